The van der Waals surface area contributed by atoms with Crippen LogP contribution in [0.25, 0.3) is 0 Å². The van der Waals surface area contributed by atoms with E-state index in [0.29, 0.717) is 11.8 Å². The standard InChI is InChI=1S/C10H11BrF2/c11-7-6-9(10(12)13)8-4-2-1-3-5-8/h1-5,9-10H,6-7H2. The summed E-state index contributed by atoms with van der Waals surface area (Å²) >= 11 is 3.18. The van der Waals surface area contributed by atoms with Crippen LogP contribution in [0.3, 0.4) is 0 Å². The zero-order valence-corrected chi connectivity index (χ0v) is 8.68. The van der Waals surface area contributed by atoms with E-state index in [2.05, 4.69) is 15.9 Å². The molecule has 1 aromatic rings. The molecule has 0 saturated heterocycles. The van der Waals surface area contributed by atoms with Crippen molar-refractivity contribution in [3.63, 3.8) is 0 Å². The van der Waals surface area contributed by atoms with Gasteiger partial charge in [0.15, 0.2) is 0 Å². The Labute approximate surface area is 85.1 Å². The van der Waals surface area contributed by atoms with E-state index in [9.17, 15) is 8.78 Å². The van der Waals surface area contributed by atoms with Crippen molar-refractivity contribution in [3.05, 3.63) is 35.9 Å². The third-order valence-corrected chi connectivity index (χ3v) is 2.41. The molecule has 3 heteroatoms. The highest BCUT2D eigenvalue weighted by molar-refractivity contribution is 9.09. The average Bonchev–Trinajstić information content (AvgIpc) is 2.15. The second kappa shape index (κ2) is 5.32. The van der Waals surface area contributed by atoms with Crippen molar-refractivity contribution in [1.82, 2.24) is 0 Å². The van der Waals surface area contributed by atoms with Crippen LogP contribution in [-0.2, 0) is 0 Å². The summed E-state index contributed by atoms with van der Waals surface area (Å²) in [6.45, 7) is 0. The first-order chi connectivity index (χ1) is 6.25. The summed E-state index contributed by atoms with van der Waals surface area (Å²) in [5.74, 6) is -0.638. The molecule has 0 saturated carbocycles. The van der Waals surface area contributed by atoms with Gasteiger partial charge in [-0.1, -0.05) is 46.3 Å². The molecule has 1 rings (SSSR count). The van der Waals surface area contributed by atoms with Crippen molar-refractivity contribution in [2.75, 3.05) is 5.33 Å². The Bertz CT molecular complexity index is 236. The van der Waals surface area contributed by atoms with Gasteiger partial charge in [0.1, 0.15) is 0 Å². The van der Waals surface area contributed by atoms with Crippen molar-refractivity contribution in [1.29, 1.82) is 0 Å². The van der Waals surface area contributed by atoms with E-state index in [1.807, 2.05) is 6.07 Å². The average molecular weight is 249 g/mol. The molecular weight excluding hydrogens is 238 g/mol. The van der Waals surface area contributed by atoms with Gasteiger partial charge in [-0.05, 0) is 12.0 Å². The summed E-state index contributed by atoms with van der Waals surface area (Å²) < 4.78 is 25.1. The van der Waals surface area contributed by atoms with E-state index in [-0.39, 0.29) is 0 Å². The maximum Gasteiger partial charge on any atom is 0.245 e. The van der Waals surface area contributed by atoms with Gasteiger partial charge in [-0.15, -0.1) is 0 Å². The number of halogens is 3. The Morgan fingerprint density at radius 1 is 1.15 bits per heavy atom. The lowest BCUT2D eigenvalue weighted by molar-refractivity contribution is 0.112. The fourth-order valence-electron chi connectivity index (χ4n) is 1.26. The van der Waals surface area contributed by atoms with Gasteiger partial charge < -0.3 is 0 Å². The van der Waals surface area contributed by atoms with Crippen molar-refractivity contribution in [2.45, 2.75) is 18.8 Å². The molecule has 1 unspecified atom stereocenters. The lowest BCUT2D eigenvalue weighted by Crippen LogP contribution is -2.09. The predicted molar refractivity (Wildman–Crippen MR) is 53.6 cm³/mol. The Hall–Kier alpha value is -0.440. The van der Waals surface area contributed by atoms with Crippen molar-refractivity contribution >= 4 is 15.9 Å². The molecule has 0 heterocycles. The van der Waals surface area contributed by atoms with Crippen molar-refractivity contribution < 1.29 is 8.78 Å². The van der Waals surface area contributed by atoms with Crippen LogP contribution < -0.4 is 0 Å². The number of benzene rings is 1. The first kappa shape index (κ1) is 10.6. The molecule has 0 spiro atoms. The Morgan fingerprint density at radius 2 is 1.77 bits per heavy atom. The van der Waals surface area contributed by atoms with E-state index < -0.39 is 12.3 Å². The van der Waals surface area contributed by atoms with E-state index in [0.717, 1.165) is 5.56 Å². The minimum absolute atomic E-state index is 0.474. The summed E-state index contributed by atoms with van der Waals surface area (Å²) in [4.78, 5) is 0. The molecule has 1 atom stereocenters. The zero-order chi connectivity index (χ0) is 9.68. The van der Waals surface area contributed by atoms with Gasteiger partial charge in [-0.25, -0.2) is 8.78 Å². The van der Waals surface area contributed by atoms with Crippen LogP contribution in [0.1, 0.15) is 17.9 Å². The van der Waals surface area contributed by atoms with Crippen LogP contribution in [0.5, 0.6) is 0 Å². The Balaban J connectivity index is 2.76. The quantitative estimate of drug-likeness (QED) is 0.711. The van der Waals surface area contributed by atoms with Crippen LogP contribution in [0.4, 0.5) is 8.78 Å². The summed E-state index contributed by atoms with van der Waals surface area (Å²) in [6.07, 6.45) is -1.80. The molecule has 0 bridgehead atoms. The highest BCUT2D eigenvalue weighted by atomic mass is 79.9. The van der Waals surface area contributed by atoms with Gasteiger partial charge in [-0.3, -0.25) is 0 Å². The second-order valence-corrected chi connectivity index (χ2v) is 3.62. The molecule has 0 aromatic heterocycles. The molecule has 0 aliphatic rings. The number of hydrogen-bond donors (Lipinski definition) is 0. The van der Waals surface area contributed by atoms with Gasteiger partial charge in [-0.2, -0.15) is 0 Å². The SMILES string of the molecule is FC(F)C(CCBr)c1ccccc1. The highest BCUT2D eigenvalue weighted by Crippen LogP contribution is 2.26. The first-order valence-electron chi connectivity index (χ1n) is 4.14. The summed E-state index contributed by atoms with van der Waals surface area (Å²) in [6, 6.07) is 8.91. The molecule has 1 aromatic carbocycles. The molecule has 0 N–H and O–H groups in total. The topological polar surface area (TPSA) is 0 Å². The molecule has 0 amide bonds. The zero-order valence-electron chi connectivity index (χ0n) is 7.09. The molecule has 0 aliphatic heterocycles. The van der Waals surface area contributed by atoms with Crippen molar-refractivity contribution in [2.24, 2.45) is 0 Å². The van der Waals surface area contributed by atoms with E-state index in [1.54, 1.807) is 24.3 Å². The second-order valence-electron chi connectivity index (χ2n) is 2.83. The van der Waals surface area contributed by atoms with E-state index in [1.165, 1.54) is 0 Å². The molecule has 72 valence electrons. The van der Waals surface area contributed by atoms with Gasteiger partial charge in [0.25, 0.3) is 0 Å². The number of hydrogen-bond acceptors (Lipinski definition) is 0. The van der Waals surface area contributed by atoms with Crippen molar-refractivity contribution in [3.8, 4) is 0 Å². The normalized spacial score (nSPS) is 13.2. The van der Waals surface area contributed by atoms with E-state index in [4.69, 9.17) is 0 Å². The maximum atomic E-state index is 12.6. The fraction of sp³-hybridized carbons (Fsp3) is 0.400. The summed E-state index contributed by atoms with van der Waals surface area (Å²) in [5.41, 5.74) is 0.719. The predicted octanol–water partition coefficient (Wildman–Crippen LogP) is 3.82. The Morgan fingerprint density at radius 3 is 2.23 bits per heavy atom. The Kier molecular flexibility index (Phi) is 4.36. The largest absolute Gasteiger partial charge is 0.245 e. The third-order valence-electron chi connectivity index (χ3n) is 1.95. The summed E-state index contributed by atoms with van der Waals surface area (Å²) in [7, 11) is 0. The van der Waals surface area contributed by atoms with Crippen LogP contribution in [-0.4, -0.2) is 11.8 Å². The summed E-state index contributed by atoms with van der Waals surface area (Å²) in [5, 5.41) is 0.608. The molecule has 13 heavy (non-hydrogen) atoms. The number of rotatable bonds is 4. The molecule has 0 nitrogen and oxygen atoms in total. The molecule has 0 fully saturated rings. The third kappa shape index (κ3) is 3.07. The van der Waals surface area contributed by atoms with Gasteiger partial charge in [0.2, 0.25) is 6.43 Å². The van der Waals surface area contributed by atoms with Crippen LogP contribution >= 0.6 is 15.9 Å². The molecular formula is C10H11BrF2. The first-order valence-corrected chi connectivity index (χ1v) is 5.27. The minimum Gasteiger partial charge on any atom is -0.210 e. The molecule has 0 radical (unpaired) electrons. The van der Waals surface area contributed by atoms with Crippen LogP contribution in [0, 0.1) is 0 Å². The highest BCUT2D eigenvalue weighted by Gasteiger charge is 2.20. The van der Waals surface area contributed by atoms with E-state index >= 15 is 0 Å². The van der Waals surface area contributed by atoms with Crippen LogP contribution in [0.2, 0.25) is 0 Å². The van der Waals surface area contributed by atoms with Gasteiger partial charge in [0, 0.05) is 11.2 Å². The lowest BCUT2D eigenvalue weighted by Gasteiger charge is -2.14. The smallest absolute Gasteiger partial charge is 0.210 e. The van der Waals surface area contributed by atoms with Crippen LogP contribution in [0.15, 0.2) is 30.3 Å². The number of alkyl halides is 3. The van der Waals surface area contributed by atoms with Gasteiger partial charge >= 0.3 is 0 Å². The van der Waals surface area contributed by atoms with Gasteiger partial charge in [0.05, 0.1) is 0 Å². The monoisotopic (exact) mass is 248 g/mol. The molecule has 0 aliphatic carbocycles. The maximum absolute atomic E-state index is 12.6. The minimum atomic E-state index is -2.28. The lowest BCUT2D eigenvalue weighted by atomic mass is 9.97. The fourth-order valence-corrected chi connectivity index (χ4v) is 1.75.